The second kappa shape index (κ2) is 9.09. The van der Waals surface area contributed by atoms with Crippen molar-refractivity contribution in [1.29, 1.82) is 0 Å². The molecule has 158 valence electrons. The number of aromatic amines is 1. The number of carbonyl (C=O) groups excluding carboxylic acids is 2. The Morgan fingerprint density at radius 2 is 1.90 bits per heavy atom. The number of likely N-dealkylation sites (tertiary alicyclic amines) is 1. The lowest BCUT2D eigenvalue weighted by Gasteiger charge is -2.25. The number of aliphatic hydroxyl groups is 1. The van der Waals surface area contributed by atoms with Crippen molar-refractivity contribution in [2.24, 2.45) is 0 Å². The van der Waals surface area contributed by atoms with Crippen LogP contribution >= 0.6 is 0 Å². The van der Waals surface area contributed by atoms with Gasteiger partial charge < -0.3 is 19.6 Å². The number of aliphatic hydroxyl groups excluding tert-OH is 1. The zero-order chi connectivity index (χ0) is 21.8. The SMILES string of the molecule is COc1ccc(C(O)=C2C(=O)C(=O)N(CCC[NH+](C)C)C2c2cc[nH+]cc2)c(C)c1. The Morgan fingerprint density at radius 1 is 1.20 bits per heavy atom. The summed E-state index contributed by atoms with van der Waals surface area (Å²) in [4.78, 5) is 31.7. The molecule has 7 heteroatoms. The van der Waals surface area contributed by atoms with E-state index in [1.54, 1.807) is 42.6 Å². The van der Waals surface area contributed by atoms with Crippen molar-refractivity contribution in [2.75, 3.05) is 34.3 Å². The maximum atomic E-state index is 13.0. The minimum atomic E-state index is -0.655. The van der Waals surface area contributed by atoms with Crippen molar-refractivity contribution in [3.05, 3.63) is 65.0 Å². The first-order valence-corrected chi connectivity index (χ1v) is 10.0. The molecule has 0 aliphatic carbocycles. The molecule has 1 aromatic heterocycles. The number of hydrogen-bond donors (Lipinski definition) is 2. The minimum absolute atomic E-state index is 0.122. The van der Waals surface area contributed by atoms with Gasteiger partial charge >= 0.3 is 0 Å². The Balaban J connectivity index is 2.09. The van der Waals surface area contributed by atoms with Crippen molar-refractivity contribution in [3.8, 4) is 5.75 Å². The van der Waals surface area contributed by atoms with Gasteiger partial charge in [-0.25, -0.2) is 4.98 Å². The number of quaternary nitrogens is 1. The molecule has 7 nitrogen and oxygen atoms in total. The Morgan fingerprint density at radius 3 is 2.50 bits per heavy atom. The first-order chi connectivity index (χ1) is 14.3. The van der Waals surface area contributed by atoms with E-state index in [0.29, 0.717) is 17.9 Å². The smallest absolute Gasteiger partial charge is 0.295 e. The average Bonchev–Trinajstić information content (AvgIpc) is 2.98. The van der Waals surface area contributed by atoms with Crippen LogP contribution in [0.4, 0.5) is 0 Å². The number of pyridine rings is 1. The molecule has 0 saturated carbocycles. The summed E-state index contributed by atoms with van der Waals surface area (Å²) in [6, 6.07) is 8.26. The number of rotatable bonds is 7. The van der Waals surface area contributed by atoms with Gasteiger partial charge in [-0.1, -0.05) is 0 Å². The molecule has 0 bridgehead atoms. The first kappa shape index (κ1) is 21.5. The van der Waals surface area contributed by atoms with Crippen molar-refractivity contribution in [2.45, 2.75) is 19.4 Å². The summed E-state index contributed by atoms with van der Waals surface area (Å²) in [5, 5.41) is 11.1. The van der Waals surface area contributed by atoms with E-state index in [4.69, 9.17) is 4.74 Å². The number of ketones is 1. The second-order valence-electron chi connectivity index (χ2n) is 7.82. The van der Waals surface area contributed by atoms with Crippen LogP contribution in [0.15, 0.2) is 48.3 Å². The fourth-order valence-electron chi connectivity index (χ4n) is 3.82. The maximum Gasteiger partial charge on any atom is 0.295 e. The van der Waals surface area contributed by atoms with Gasteiger partial charge in [-0.3, -0.25) is 9.59 Å². The number of carbonyl (C=O) groups is 2. The summed E-state index contributed by atoms with van der Waals surface area (Å²) in [6.45, 7) is 3.15. The molecule has 30 heavy (non-hydrogen) atoms. The van der Waals surface area contributed by atoms with Crippen LogP contribution in [0.2, 0.25) is 0 Å². The Labute approximate surface area is 176 Å². The standard InChI is InChI=1S/C23H27N3O4/c1-15-14-17(30-4)6-7-18(15)21(27)19-20(16-8-10-24-11-9-16)26(23(29)22(19)28)13-5-12-25(2)3/h6-11,14,20,27H,5,12-13H2,1-4H3/p+2. The van der Waals surface area contributed by atoms with E-state index in [1.807, 2.05) is 33.2 Å². The third kappa shape index (κ3) is 4.21. The molecule has 1 fully saturated rings. The zero-order valence-electron chi connectivity index (χ0n) is 17.9. The molecule has 2 aromatic rings. The highest BCUT2D eigenvalue weighted by atomic mass is 16.5. The molecular formula is C23H29N3O4+2. The number of H-pyrrole nitrogens is 1. The van der Waals surface area contributed by atoms with Gasteiger partial charge in [0.05, 0.1) is 39.4 Å². The van der Waals surface area contributed by atoms with E-state index in [9.17, 15) is 14.7 Å². The fourth-order valence-corrected chi connectivity index (χ4v) is 3.82. The van der Waals surface area contributed by atoms with Crippen LogP contribution in [0.1, 0.15) is 29.2 Å². The fraction of sp³-hybridized carbons (Fsp3) is 0.348. The van der Waals surface area contributed by atoms with Gasteiger partial charge in [0.1, 0.15) is 11.5 Å². The summed E-state index contributed by atoms with van der Waals surface area (Å²) in [5.41, 5.74) is 2.17. The quantitative estimate of drug-likeness (QED) is 0.401. The second-order valence-corrected chi connectivity index (χ2v) is 7.82. The summed E-state index contributed by atoms with van der Waals surface area (Å²) in [5.74, 6) is -0.732. The molecule has 3 rings (SSSR count). The highest BCUT2D eigenvalue weighted by molar-refractivity contribution is 6.46. The van der Waals surface area contributed by atoms with Gasteiger partial charge in [-0.2, -0.15) is 0 Å². The van der Waals surface area contributed by atoms with Gasteiger partial charge in [0.2, 0.25) is 0 Å². The van der Waals surface area contributed by atoms with E-state index >= 15 is 0 Å². The molecule has 1 aliphatic rings. The highest BCUT2D eigenvalue weighted by Gasteiger charge is 2.46. The normalized spacial score (nSPS) is 18.3. The van der Waals surface area contributed by atoms with Gasteiger partial charge in [0.15, 0.2) is 12.4 Å². The molecule has 1 aromatic carbocycles. The number of methoxy groups -OCH3 is 1. The number of ether oxygens (including phenoxy) is 1. The zero-order valence-corrected chi connectivity index (χ0v) is 17.9. The van der Waals surface area contributed by atoms with Gasteiger partial charge in [0, 0.05) is 30.7 Å². The van der Waals surface area contributed by atoms with E-state index in [-0.39, 0.29) is 11.3 Å². The third-order valence-electron chi connectivity index (χ3n) is 5.36. The van der Waals surface area contributed by atoms with Gasteiger partial charge in [-0.15, -0.1) is 0 Å². The lowest BCUT2D eigenvalue weighted by Crippen LogP contribution is -3.05. The lowest BCUT2D eigenvalue weighted by atomic mass is 9.94. The highest BCUT2D eigenvalue weighted by Crippen LogP contribution is 2.39. The molecule has 1 unspecified atom stereocenters. The first-order valence-electron chi connectivity index (χ1n) is 10.0. The van der Waals surface area contributed by atoms with E-state index in [0.717, 1.165) is 24.1 Å². The number of hydrogen-bond acceptors (Lipinski definition) is 4. The van der Waals surface area contributed by atoms with Crippen LogP contribution in [0.3, 0.4) is 0 Å². The van der Waals surface area contributed by atoms with Crippen LogP contribution in [0.25, 0.3) is 5.76 Å². The monoisotopic (exact) mass is 411 g/mol. The molecule has 3 N–H and O–H groups in total. The number of nitrogens with zero attached hydrogens (tertiary/aromatic N) is 1. The molecule has 1 atom stereocenters. The van der Waals surface area contributed by atoms with Crippen molar-refractivity contribution in [3.63, 3.8) is 0 Å². The van der Waals surface area contributed by atoms with E-state index in [2.05, 4.69) is 4.98 Å². The Bertz CT molecular complexity index is 970. The largest absolute Gasteiger partial charge is 0.507 e. The van der Waals surface area contributed by atoms with Gasteiger partial charge in [0.25, 0.3) is 11.7 Å². The summed E-state index contributed by atoms with van der Waals surface area (Å²) < 4.78 is 5.23. The Hall–Kier alpha value is -3.19. The minimum Gasteiger partial charge on any atom is -0.507 e. The lowest BCUT2D eigenvalue weighted by molar-refractivity contribution is -0.858. The summed E-state index contributed by atoms with van der Waals surface area (Å²) >= 11 is 0. The van der Waals surface area contributed by atoms with Crippen molar-refractivity contribution >= 4 is 17.4 Å². The number of aryl methyl sites for hydroxylation is 1. The van der Waals surface area contributed by atoms with Gasteiger partial charge in [-0.05, 0) is 36.2 Å². The van der Waals surface area contributed by atoms with Crippen LogP contribution in [0.5, 0.6) is 5.75 Å². The predicted octanol–water partition coefficient (Wildman–Crippen LogP) is 0.774. The molecule has 1 aliphatic heterocycles. The molecule has 2 heterocycles. The number of nitrogens with one attached hydrogen (secondary N) is 2. The van der Waals surface area contributed by atoms with E-state index < -0.39 is 17.7 Å². The average molecular weight is 412 g/mol. The van der Waals surface area contributed by atoms with Crippen molar-refractivity contribution < 1.29 is 29.3 Å². The number of aromatic nitrogens is 1. The number of amides is 1. The summed E-state index contributed by atoms with van der Waals surface area (Å²) in [7, 11) is 5.66. The van der Waals surface area contributed by atoms with E-state index in [1.165, 1.54) is 4.90 Å². The molecular weight excluding hydrogens is 382 g/mol. The van der Waals surface area contributed by atoms with Crippen molar-refractivity contribution in [1.82, 2.24) is 4.90 Å². The number of benzene rings is 1. The topological polar surface area (TPSA) is 85.4 Å². The van der Waals surface area contributed by atoms with Crippen LogP contribution in [-0.2, 0) is 9.59 Å². The van der Waals surface area contributed by atoms with Crippen LogP contribution < -0.4 is 14.6 Å². The molecule has 1 saturated heterocycles. The Kier molecular flexibility index (Phi) is 6.52. The van der Waals surface area contributed by atoms with Crippen LogP contribution in [0, 0.1) is 6.92 Å². The molecule has 1 amide bonds. The summed E-state index contributed by atoms with van der Waals surface area (Å²) in [6.07, 6.45) is 4.25. The number of Topliss-reactive ketones (excluding diaryl/α,β-unsaturated/α-hetero) is 1. The molecule has 0 spiro atoms. The predicted molar refractivity (Wildman–Crippen MR) is 112 cm³/mol. The molecule has 0 radical (unpaired) electrons. The maximum absolute atomic E-state index is 13.0. The third-order valence-corrected chi connectivity index (χ3v) is 5.36. The van der Waals surface area contributed by atoms with Crippen LogP contribution in [-0.4, -0.2) is 56.0 Å².